The van der Waals surface area contributed by atoms with Gasteiger partial charge in [0.2, 0.25) is 15.9 Å². The minimum absolute atomic E-state index is 0.172. The van der Waals surface area contributed by atoms with Crippen molar-refractivity contribution in [3.05, 3.63) is 29.8 Å². The van der Waals surface area contributed by atoms with E-state index in [1.807, 2.05) is 30.9 Å². The number of morpholine rings is 1. The van der Waals surface area contributed by atoms with Crippen LogP contribution in [0.3, 0.4) is 0 Å². The first-order valence-electron chi connectivity index (χ1n) is 8.87. The highest BCUT2D eigenvalue weighted by molar-refractivity contribution is 7.89. The van der Waals surface area contributed by atoms with Gasteiger partial charge in [-0.25, -0.2) is 8.42 Å². The third-order valence-corrected chi connectivity index (χ3v) is 7.07. The lowest BCUT2D eigenvalue weighted by Gasteiger charge is -2.37. The Bertz CT molecular complexity index is 707. The zero-order chi connectivity index (χ0) is 18.0. The molecule has 0 spiro atoms. The van der Waals surface area contributed by atoms with E-state index >= 15 is 0 Å². The first kappa shape index (κ1) is 18.4. The molecule has 2 unspecified atom stereocenters. The van der Waals surface area contributed by atoms with Crippen LogP contribution in [0.5, 0.6) is 0 Å². The number of benzene rings is 1. The Kier molecular flexibility index (Phi) is 5.46. The fourth-order valence-electron chi connectivity index (χ4n) is 3.62. The highest BCUT2D eigenvalue weighted by Gasteiger charge is 2.36. The summed E-state index contributed by atoms with van der Waals surface area (Å²) in [6.45, 7) is 6.11. The smallest absolute Gasteiger partial charge is 0.243 e. The van der Waals surface area contributed by atoms with Crippen LogP contribution in [0.4, 0.5) is 0 Å². The van der Waals surface area contributed by atoms with E-state index in [9.17, 15) is 13.2 Å². The summed E-state index contributed by atoms with van der Waals surface area (Å²) in [7, 11) is -3.53. The van der Waals surface area contributed by atoms with Crippen molar-refractivity contribution in [1.82, 2.24) is 9.21 Å². The average Bonchev–Trinajstić information content (AvgIpc) is 2.98. The van der Waals surface area contributed by atoms with Crippen LogP contribution in [-0.4, -0.2) is 61.9 Å². The lowest BCUT2D eigenvalue weighted by atomic mass is 10.1. The van der Waals surface area contributed by atoms with Gasteiger partial charge in [0.15, 0.2) is 0 Å². The van der Waals surface area contributed by atoms with Crippen LogP contribution in [0.15, 0.2) is 29.2 Å². The minimum atomic E-state index is -3.53. The number of carbonyl (C=O) groups excluding carboxylic acids is 1. The lowest BCUT2D eigenvalue weighted by molar-refractivity contribution is -0.127. The quantitative estimate of drug-likeness (QED) is 0.795. The summed E-state index contributed by atoms with van der Waals surface area (Å²) in [5.74, 6) is 0.217. The molecule has 0 aliphatic carbocycles. The maximum absolute atomic E-state index is 12.9. The van der Waals surface area contributed by atoms with E-state index in [4.69, 9.17) is 4.74 Å². The Morgan fingerprint density at radius 3 is 2.32 bits per heavy atom. The number of nitrogens with zero attached hydrogens (tertiary/aromatic N) is 2. The lowest BCUT2D eigenvalue weighted by Crippen LogP contribution is -2.52. The summed E-state index contributed by atoms with van der Waals surface area (Å²) in [4.78, 5) is 13.8. The summed E-state index contributed by atoms with van der Waals surface area (Å²) >= 11 is 0. The van der Waals surface area contributed by atoms with Crippen molar-refractivity contribution < 1.29 is 17.9 Å². The molecule has 138 valence electrons. The maximum Gasteiger partial charge on any atom is 0.243 e. The second-order valence-electron chi connectivity index (χ2n) is 6.95. The second kappa shape index (κ2) is 7.43. The number of rotatable bonds is 5. The molecule has 2 heterocycles. The topological polar surface area (TPSA) is 66.9 Å². The highest BCUT2D eigenvalue weighted by Crippen LogP contribution is 2.24. The summed E-state index contributed by atoms with van der Waals surface area (Å²) in [5, 5.41) is 0. The number of ether oxygens (including phenoxy) is 1. The van der Waals surface area contributed by atoms with Gasteiger partial charge in [-0.2, -0.15) is 4.31 Å². The van der Waals surface area contributed by atoms with Crippen molar-refractivity contribution in [2.75, 3.05) is 26.3 Å². The summed E-state index contributed by atoms with van der Waals surface area (Å²) in [6, 6.07) is 6.70. The molecule has 0 saturated carbocycles. The normalized spacial score (nSPS) is 25.5. The van der Waals surface area contributed by atoms with Crippen LogP contribution >= 0.6 is 0 Å². The second-order valence-corrected chi connectivity index (χ2v) is 8.79. The Morgan fingerprint density at radius 2 is 1.76 bits per heavy atom. The minimum Gasteiger partial charge on any atom is -0.378 e. The summed E-state index contributed by atoms with van der Waals surface area (Å²) in [6.07, 6.45) is 2.33. The predicted octanol–water partition coefficient (Wildman–Crippen LogP) is 1.65. The van der Waals surface area contributed by atoms with E-state index in [0.717, 1.165) is 24.9 Å². The van der Waals surface area contributed by atoms with E-state index in [2.05, 4.69) is 0 Å². The van der Waals surface area contributed by atoms with Crippen LogP contribution in [0, 0.1) is 0 Å². The monoisotopic (exact) mass is 366 g/mol. The average molecular weight is 366 g/mol. The molecule has 25 heavy (non-hydrogen) atoms. The molecule has 2 aliphatic heterocycles. The first-order valence-corrected chi connectivity index (χ1v) is 10.3. The number of likely N-dealkylation sites (tertiary alicyclic amines) is 1. The highest BCUT2D eigenvalue weighted by atomic mass is 32.2. The third kappa shape index (κ3) is 3.88. The molecule has 3 rings (SSSR count). The van der Waals surface area contributed by atoms with E-state index in [1.165, 1.54) is 0 Å². The van der Waals surface area contributed by atoms with Gasteiger partial charge < -0.3 is 9.64 Å². The van der Waals surface area contributed by atoms with Gasteiger partial charge in [0.1, 0.15) is 0 Å². The molecule has 1 amide bonds. The van der Waals surface area contributed by atoms with Crippen molar-refractivity contribution in [2.24, 2.45) is 0 Å². The molecule has 2 aliphatic rings. The molecule has 2 saturated heterocycles. The first-order chi connectivity index (χ1) is 11.9. The molecule has 1 aromatic carbocycles. The van der Waals surface area contributed by atoms with Crippen LogP contribution < -0.4 is 0 Å². The van der Waals surface area contributed by atoms with Gasteiger partial charge in [-0.05, 0) is 44.4 Å². The molecule has 6 nitrogen and oxygen atoms in total. The number of hydrogen-bond donors (Lipinski definition) is 0. The van der Waals surface area contributed by atoms with E-state index in [0.29, 0.717) is 31.1 Å². The molecular weight excluding hydrogens is 340 g/mol. The van der Waals surface area contributed by atoms with Crippen LogP contribution in [0.2, 0.25) is 0 Å². The number of sulfonamides is 1. The van der Waals surface area contributed by atoms with E-state index in [1.54, 1.807) is 16.4 Å². The van der Waals surface area contributed by atoms with Gasteiger partial charge in [0, 0.05) is 31.6 Å². The van der Waals surface area contributed by atoms with Crippen molar-refractivity contribution in [2.45, 2.75) is 50.1 Å². The predicted molar refractivity (Wildman–Crippen MR) is 94.7 cm³/mol. The Balaban J connectivity index is 1.69. The van der Waals surface area contributed by atoms with Gasteiger partial charge in [-0.1, -0.05) is 12.1 Å². The van der Waals surface area contributed by atoms with Crippen molar-refractivity contribution in [1.29, 1.82) is 0 Å². The van der Waals surface area contributed by atoms with Gasteiger partial charge in [0.25, 0.3) is 0 Å². The number of amides is 1. The van der Waals surface area contributed by atoms with Crippen molar-refractivity contribution >= 4 is 15.9 Å². The van der Waals surface area contributed by atoms with E-state index < -0.39 is 10.0 Å². The maximum atomic E-state index is 12.9. The van der Waals surface area contributed by atoms with Crippen LogP contribution in [0.25, 0.3) is 0 Å². The van der Waals surface area contributed by atoms with Crippen LogP contribution in [0.1, 0.15) is 32.3 Å². The van der Waals surface area contributed by atoms with Crippen LogP contribution in [-0.2, 0) is 26.0 Å². The van der Waals surface area contributed by atoms with E-state index in [-0.39, 0.29) is 18.0 Å². The van der Waals surface area contributed by atoms with Gasteiger partial charge in [-0.15, -0.1) is 0 Å². The molecule has 0 aromatic heterocycles. The zero-order valence-corrected chi connectivity index (χ0v) is 15.7. The number of hydrogen-bond acceptors (Lipinski definition) is 4. The van der Waals surface area contributed by atoms with Gasteiger partial charge >= 0.3 is 0 Å². The fourth-order valence-corrected chi connectivity index (χ4v) is 5.41. The third-order valence-electron chi connectivity index (χ3n) is 4.93. The molecule has 2 atom stereocenters. The number of carbonyl (C=O) groups is 1. The molecular formula is C18H26N2O4S. The molecule has 0 bridgehead atoms. The summed E-state index contributed by atoms with van der Waals surface area (Å²) < 4.78 is 32.9. The molecule has 7 heteroatoms. The standard InChI is InChI=1S/C18H26N2O4S/c1-14-12-24-13-15(2)20(14)25(22,23)17-7-5-16(6-8-17)9-11-19-10-3-4-18(19)21/h5-8,14-15H,3-4,9-13H2,1-2H3. The Hall–Kier alpha value is -1.44. The van der Waals surface area contributed by atoms with Crippen molar-refractivity contribution in [3.63, 3.8) is 0 Å². The zero-order valence-electron chi connectivity index (χ0n) is 14.8. The Labute approximate surface area is 149 Å². The molecule has 0 N–H and O–H groups in total. The van der Waals surface area contributed by atoms with Crippen molar-refractivity contribution in [3.8, 4) is 0 Å². The molecule has 1 aromatic rings. The van der Waals surface area contributed by atoms with Gasteiger partial charge in [-0.3, -0.25) is 4.79 Å². The largest absolute Gasteiger partial charge is 0.378 e. The fraction of sp³-hybridized carbons (Fsp3) is 0.611. The summed E-state index contributed by atoms with van der Waals surface area (Å²) in [5.41, 5.74) is 1.04. The van der Waals surface area contributed by atoms with Gasteiger partial charge in [0.05, 0.1) is 18.1 Å². The SMILES string of the molecule is CC1COCC(C)N1S(=O)(=O)c1ccc(CCN2CCCC2=O)cc1. The molecule has 0 radical (unpaired) electrons. The molecule has 2 fully saturated rings. The Morgan fingerprint density at radius 1 is 1.12 bits per heavy atom.